The van der Waals surface area contributed by atoms with Crippen molar-refractivity contribution in [2.24, 2.45) is 0 Å². The Morgan fingerprint density at radius 1 is 1.44 bits per heavy atom. The molecule has 0 unspecified atom stereocenters. The highest BCUT2D eigenvalue weighted by atomic mass is 127. The van der Waals surface area contributed by atoms with Crippen molar-refractivity contribution >= 4 is 40.1 Å². The Balaban J connectivity index is 2.56. The van der Waals surface area contributed by atoms with Crippen molar-refractivity contribution in [3.05, 3.63) is 34.6 Å². The first-order chi connectivity index (χ1) is 7.66. The quantitative estimate of drug-likeness (QED) is 0.489. The molecule has 2 nitrogen and oxygen atoms in total. The fourth-order valence-electron chi connectivity index (χ4n) is 1.20. The van der Waals surface area contributed by atoms with E-state index in [4.69, 9.17) is 11.6 Å². The van der Waals surface area contributed by atoms with Gasteiger partial charge < -0.3 is 5.32 Å². The maximum atomic E-state index is 13.1. The average molecular weight is 356 g/mol. The van der Waals surface area contributed by atoms with Gasteiger partial charge in [0.05, 0.1) is 10.6 Å². The van der Waals surface area contributed by atoms with Gasteiger partial charge in [-0.25, -0.2) is 4.39 Å². The van der Waals surface area contributed by atoms with Gasteiger partial charge in [-0.1, -0.05) is 40.3 Å². The molecule has 0 spiro atoms. The molecule has 0 aliphatic carbocycles. The summed E-state index contributed by atoms with van der Waals surface area (Å²) in [5, 5.41) is 2.59. The van der Waals surface area contributed by atoms with Gasteiger partial charge in [-0.2, -0.15) is 0 Å². The normalized spacial score (nSPS) is 10.2. The highest BCUT2D eigenvalue weighted by Crippen LogP contribution is 2.19. The summed E-state index contributed by atoms with van der Waals surface area (Å²) in [6.45, 7) is 0.592. The lowest BCUT2D eigenvalue weighted by atomic mass is 10.2. The monoisotopic (exact) mass is 355 g/mol. The molecule has 0 aliphatic rings. The third-order valence-corrected chi connectivity index (χ3v) is 3.19. The van der Waals surface area contributed by atoms with Crippen LogP contribution in [0.1, 0.15) is 23.2 Å². The van der Waals surface area contributed by atoms with E-state index >= 15 is 0 Å². The first-order valence-electron chi connectivity index (χ1n) is 4.95. The van der Waals surface area contributed by atoms with Crippen molar-refractivity contribution in [2.45, 2.75) is 12.8 Å². The molecule has 0 heterocycles. The third kappa shape index (κ3) is 3.90. The average Bonchev–Trinajstić information content (AvgIpc) is 2.28. The number of rotatable bonds is 5. The van der Waals surface area contributed by atoms with Gasteiger partial charge in [0.2, 0.25) is 0 Å². The van der Waals surface area contributed by atoms with E-state index in [-0.39, 0.29) is 16.5 Å². The molecule has 1 rings (SSSR count). The van der Waals surface area contributed by atoms with E-state index in [1.165, 1.54) is 18.2 Å². The molecule has 1 aromatic carbocycles. The Labute approximate surface area is 113 Å². The van der Waals surface area contributed by atoms with Crippen LogP contribution >= 0.6 is 34.2 Å². The largest absolute Gasteiger partial charge is 0.352 e. The number of alkyl halides is 1. The molecule has 1 amide bonds. The molecule has 16 heavy (non-hydrogen) atoms. The van der Waals surface area contributed by atoms with Crippen molar-refractivity contribution < 1.29 is 9.18 Å². The van der Waals surface area contributed by atoms with Crippen LogP contribution in [0, 0.1) is 5.82 Å². The number of carbonyl (C=O) groups excluding carboxylic acids is 1. The molecular weight excluding hydrogens is 343 g/mol. The minimum absolute atomic E-state index is 0.117. The van der Waals surface area contributed by atoms with Crippen LogP contribution in [0.4, 0.5) is 4.39 Å². The van der Waals surface area contributed by atoms with Crippen LogP contribution in [0.25, 0.3) is 0 Å². The second-order valence-corrected chi connectivity index (χ2v) is 4.71. The van der Waals surface area contributed by atoms with Gasteiger partial charge in [-0.05, 0) is 29.4 Å². The number of carbonyl (C=O) groups is 1. The molecule has 0 saturated heterocycles. The number of unbranched alkanes of at least 4 members (excludes halogenated alkanes) is 1. The van der Waals surface area contributed by atoms with Gasteiger partial charge >= 0.3 is 0 Å². The molecule has 0 aliphatic heterocycles. The van der Waals surface area contributed by atoms with Crippen LogP contribution in [-0.2, 0) is 0 Å². The highest BCUT2D eigenvalue weighted by molar-refractivity contribution is 14.1. The van der Waals surface area contributed by atoms with E-state index in [2.05, 4.69) is 27.9 Å². The van der Waals surface area contributed by atoms with Gasteiger partial charge in [0.1, 0.15) is 5.82 Å². The predicted octanol–water partition coefficient (Wildman–Crippen LogP) is 3.42. The summed E-state index contributed by atoms with van der Waals surface area (Å²) in [7, 11) is 0. The van der Waals surface area contributed by atoms with Crippen molar-refractivity contribution in [2.75, 3.05) is 11.0 Å². The summed E-state index contributed by atoms with van der Waals surface area (Å²) in [6.07, 6.45) is 1.97. The summed E-state index contributed by atoms with van der Waals surface area (Å²) < 4.78 is 14.1. The lowest BCUT2D eigenvalue weighted by Crippen LogP contribution is -2.24. The van der Waals surface area contributed by atoms with Gasteiger partial charge in [-0.15, -0.1) is 0 Å². The SMILES string of the molecule is O=C(NCCCCI)c1cccc(F)c1Cl. The standard InChI is InChI=1S/C11H12ClFINO/c12-10-8(4-3-5-9(10)13)11(16)15-7-2-1-6-14/h3-5H,1-2,6-7H2,(H,15,16). The fourth-order valence-corrected chi connectivity index (χ4v) is 1.95. The van der Waals surface area contributed by atoms with Gasteiger partial charge in [0.15, 0.2) is 0 Å². The zero-order chi connectivity index (χ0) is 12.0. The Morgan fingerprint density at radius 2 is 2.19 bits per heavy atom. The summed E-state index contributed by atoms with van der Waals surface area (Å²) >= 11 is 7.97. The van der Waals surface area contributed by atoms with E-state index in [1.54, 1.807) is 0 Å². The van der Waals surface area contributed by atoms with Crippen LogP contribution in [0.5, 0.6) is 0 Å². The minimum Gasteiger partial charge on any atom is -0.352 e. The number of hydrogen-bond donors (Lipinski definition) is 1. The number of hydrogen-bond acceptors (Lipinski definition) is 1. The molecule has 0 fully saturated rings. The molecule has 0 radical (unpaired) electrons. The predicted molar refractivity (Wildman–Crippen MR) is 71.9 cm³/mol. The van der Waals surface area contributed by atoms with E-state index in [1.807, 2.05) is 0 Å². The molecule has 0 bridgehead atoms. The van der Waals surface area contributed by atoms with Crippen LogP contribution in [-0.4, -0.2) is 16.9 Å². The molecule has 0 atom stereocenters. The summed E-state index contributed by atoms with van der Waals surface area (Å²) in [4.78, 5) is 11.6. The molecular formula is C11H12ClFINO. The van der Waals surface area contributed by atoms with E-state index in [0.717, 1.165) is 17.3 Å². The third-order valence-electron chi connectivity index (χ3n) is 2.04. The Kier molecular flexibility index (Phi) is 6.05. The van der Waals surface area contributed by atoms with Crippen molar-refractivity contribution in [1.82, 2.24) is 5.32 Å². The van der Waals surface area contributed by atoms with Crippen molar-refractivity contribution in [1.29, 1.82) is 0 Å². The summed E-state index contributed by atoms with van der Waals surface area (Å²) in [5.74, 6) is -0.889. The molecule has 1 aromatic rings. The van der Waals surface area contributed by atoms with Gasteiger partial charge in [0, 0.05) is 6.54 Å². The maximum Gasteiger partial charge on any atom is 0.252 e. The molecule has 0 saturated carbocycles. The van der Waals surface area contributed by atoms with Gasteiger partial charge in [0.25, 0.3) is 5.91 Å². The van der Waals surface area contributed by atoms with Gasteiger partial charge in [-0.3, -0.25) is 4.79 Å². The number of halogens is 3. The molecule has 0 aromatic heterocycles. The lowest BCUT2D eigenvalue weighted by molar-refractivity contribution is 0.0953. The zero-order valence-electron chi connectivity index (χ0n) is 8.60. The lowest BCUT2D eigenvalue weighted by Gasteiger charge is -2.06. The first-order valence-corrected chi connectivity index (χ1v) is 6.85. The van der Waals surface area contributed by atoms with E-state index in [9.17, 15) is 9.18 Å². The smallest absolute Gasteiger partial charge is 0.252 e. The number of amides is 1. The number of nitrogens with one attached hydrogen (secondary N) is 1. The van der Waals surface area contributed by atoms with Crippen LogP contribution in [0.15, 0.2) is 18.2 Å². The minimum atomic E-state index is -0.568. The topological polar surface area (TPSA) is 29.1 Å². The van der Waals surface area contributed by atoms with E-state index in [0.29, 0.717) is 6.54 Å². The van der Waals surface area contributed by atoms with Crippen LogP contribution < -0.4 is 5.32 Å². The zero-order valence-corrected chi connectivity index (χ0v) is 11.5. The Hall–Kier alpha value is -0.360. The Bertz CT molecular complexity index is 373. The Morgan fingerprint density at radius 3 is 2.88 bits per heavy atom. The maximum absolute atomic E-state index is 13.1. The fraction of sp³-hybridized carbons (Fsp3) is 0.364. The van der Waals surface area contributed by atoms with Crippen molar-refractivity contribution in [3.63, 3.8) is 0 Å². The molecule has 1 N–H and O–H groups in total. The first kappa shape index (κ1) is 13.7. The highest BCUT2D eigenvalue weighted by Gasteiger charge is 2.12. The van der Waals surface area contributed by atoms with Crippen molar-refractivity contribution in [3.8, 4) is 0 Å². The van der Waals surface area contributed by atoms with Crippen LogP contribution in [0.3, 0.4) is 0 Å². The second kappa shape index (κ2) is 7.06. The summed E-state index contributed by atoms with van der Waals surface area (Å²) in [5.41, 5.74) is 0.191. The van der Waals surface area contributed by atoms with E-state index < -0.39 is 5.82 Å². The van der Waals surface area contributed by atoms with Crippen LogP contribution in [0.2, 0.25) is 5.02 Å². The summed E-state index contributed by atoms with van der Waals surface area (Å²) in [6, 6.07) is 4.22. The second-order valence-electron chi connectivity index (χ2n) is 3.25. The number of benzene rings is 1. The molecule has 88 valence electrons. The molecule has 5 heteroatoms.